The summed E-state index contributed by atoms with van der Waals surface area (Å²) in [4.78, 5) is 17.2. The van der Waals surface area contributed by atoms with Crippen LogP contribution < -0.4 is 20.1 Å². The maximum atomic E-state index is 13.4. The normalized spacial score (nSPS) is 11.0. The second-order valence-electron chi connectivity index (χ2n) is 8.66. The summed E-state index contributed by atoms with van der Waals surface area (Å²) in [5, 5.41) is 5.86. The van der Waals surface area contributed by atoms with Gasteiger partial charge >= 0.3 is 0 Å². The van der Waals surface area contributed by atoms with Crippen molar-refractivity contribution >= 4 is 44.9 Å². The summed E-state index contributed by atoms with van der Waals surface area (Å²) < 4.78 is 34.4. The van der Waals surface area contributed by atoms with Gasteiger partial charge in [0, 0.05) is 35.9 Å². The fraction of sp³-hybridized carbons (Fsp3) is 0.138. The van der Waals surface area contributed by atoms with E-state index in [9.17, 15) is 13.2 Å². The highest BCUT2D eigenvalue weighted by molar-refractivity contribution is 7.92. The zero-order valence-corrected chi connectivity index (χ0v) is 24.2. The second kappa shape index (κ2) is 12.9. The summed E-state index contributed by atoms with van der Waals surface area (Å²) >= 11 is 11.1. The van der Waals surface area contributed by atoms with Gasteiger partial charge < -0.3 is 15.4 Å². The number of nitrogens with one attached hydrogen (secondary N) is 3. The molecule has 0 bridgehead atoms. The van der Waals surface area contributed by atoms with Gasteiger partial charge in [-0.25, -0.2) is 8.42 Å². The third-order valence-corrected chi connectivity index (χ3v) is 8.11. The molecule has 8 nitrogen and oxygen atoms in total. The molecule has 3 aromatic carbocycles. The Balaban J connectivity index is 1.60. The molecular weight excluding hydrogens is 568 g/mol. The van der Waals surface area contributed by atoms with Crippen LogP contribution in [0.2, 0.25) is 5.02 Å². The predicted octanol–water partition coefficient (Wildman–Crippen LogP) is 4.83. The number of ether oxygens (including phenoxy) is 1. The van der Waals surface area contributed by atoms with Gasteiger partial charge in [-0.05, 0) is 66.2 Å². The van der Waals surface area contributed by atoms with Crippen LogP contribution in [-0.4, -0.2) is 45.1 Å². The standard InChI is InChI=1S/C29H27ClN4O4S2/c1-31-29(39)34-40(36,37)27-17-19(14-16-33-28(35)24-18-22(30)11-13-26(24)38-2)6-12-23(27)20-7-9-21(10-8-20)25-5-3-4-15-32-25/h3-13,15,17-18H,14,16H2,1-2H3,(H,33,35)(H2,31,34,39). The van der Waals surface area contributed by atoms with Gasteiger partial charge in [0.15, 0.2) is 5.11 Å². The predicted molar refractivity (Wildman–Crippen MR) is 161 cm³/mol. The van der Waals surface area contributed by atoms with Crippen molar-refractivity contribution in [3.05, 3.63) is 101 Å². The van der Waals surface area contributed by atoms with E-state index in [1.165, 1.54) is 20.2 Å². The molecule has 0 unspecified atom stereocenters. The number of pyridine rings is 1. The number of methoxy groups -OCH3 is 1. The Bertz CT molecular complexity index is 1630. The highest BCUT2D eigenvalue weighted by Gasteiger charge is 2.22. The molecule has 0 atom stereocenters. The number of thiocarbonyl (C=S) groups is 1. The van der Waals surface area contributed by atoms with Crippen LogP contribution in [0.25, 0.3) is 22.4 Å². The summed E-state index contributed by atoms with van der Waals surface area (Å²) in [6.45, 7) is 0.258. The van der Waals surface area contributed by atoms with Gasteiger partial charge in [-0.3, -0.25) is 14.5 Å². The van der Waals surface area contributed by atoms with Crippen molar-refractivity contribution in [2.45, 2.75) is 11.3 Å². The maximum absolute atomic E-state index is 13.4. The van der Waals surface area contributed by atoms with Crippen molar-refractivity contribution in [3.63, 3.8) is 0 Å². The molecule has 4 aromatic rings. The Hall–Kier alpha value is -3.99. The van der Waals surface area contributed by atoms with E-state index in [1.807, 2.05) is 48.5 Å². The summed E-state index contributed by atoms with van der Waals surface area (Å²) in [5.74, 6) is 0.0538. The van der Waals surface area contributed by atoms with Gasteiger partial charge in [0.05, 0.1) is 23.3 Å². The molecule has 0 saturated heterocycles. The van der Waals surface area contributed by atoms with Crippen LogP contribution in [0.1, 0.15) is 15.9 Å². The molecule has 1 amide bonds. The van der Waals surface area contributed by atoms with Crippen LogP contribution in [0.15, 0.2) is 90.0 Å². The molecule has 4 rings (SSSR count). The number of carbonyl (C=O) groups excluding carboxylic acids is 1. The molecule has 0 saturated carbocycles. The number of aromatic nitrogens is 1. The number of hydrogen-bond donors (Lipinski definition) is 3. The van der Waals surface area contributed by atoms with Crippen molar-refractivity contribution in [1.82, 2.24) is 20.3 Å². The first-order chi connectivity index (χ1) is 19.2. The highest BCUT2D eigenvalue weighted by atomic mass is 35.5. The van der Waals surface area contributed by atoms with Crippen LogP contribution in [0.4, 0.5) is 0 Å². The third-order valence-electron chi connectivity index (χ3n) is 6.05. The van der Waals surface area contributed by atoms with Crippen molar-refractivity contribution < 1.29 is 17.9 Å². The average molecular weight is 595 g/mol. The molecule has 0 radical (unpaired) electrons. The SMILES string of the molecule is CNC(=S)NS(=O)(=O)c1cc(CCNC(=O)c2cc(Cl)ccc2OC)ccc1-c1ccc(-c2ccccn2)cc1. The number of amides is 1. The number of carbonyl (C=O) groups is 1. The van der Waals surface area contributed by atoms with Gasteiger partial charge in [0.25, 0.3) is 15.9 Å². The van der Waals surface area contributed by atoms with E-state index < -0.39 is 10.0 Å². The molecule has 0 fully saturated rings. The van der Waals surface area contributed by atoms with Crippen LogP contribution >= 0.6 is 23.8 Å². The lowest BCUT2D eigenvalue weighted by atomic mass is 10.0. The van der Waals surface area contributed by atoms with Crippen molar-refractivity contribution in [2.24, 2.45) is 0 Å². The minimum Gasteiger partial charge on any atom is -0.496 e. The molecule has 0 aliphatic heterocycles. The lowest BCUT2D eigenvalue weighted by Gasteiger charge is -2.15. The molecule has 1 aromatic heterocycles. The summed E-state index contributed by atoms with van der Waals surface area (Å²) in [5.41, 5.74) is 3.97. The zero-order valence-electron chi connectivity index (χ0n) is 21.8. The lowest BCUT2D eigenvalue weighted by molar-refractivity contribution is 0.0951. The molecule has 3 N–H and O–H groups in total. The van der Waals surface area contributed by atoms with Gasteiger partial charge in [-0.2, -0.15) is 0 Å². The Labute approximate surface area is 243 Å². The molecule has 206 valence electrons. The molecule has 0 aliphatic carbocycles. The van der Waals surface area contributed by atoms with E-state index in [0.717, 1.165) is 11.3 Å². The lowest BCUT2D eigenvalue weighted by Crippen LogP contribution is -2.37. The van der Waals surface area contributed by atoms with E-state index >= 15 is 0 Å². The summed E-state index contributed by atoms with van der Waals surface area (Å²) in [7, 11) is -1.00. The van der Waals surface area contributed by atoms with Crippen molar-refractivity contribution in [2.75, 3.05) is 20.7 Å². The van der Waals surface area contributed by atoms with Crippen LogP contribution in [0.5, 0.6) is 5.75 Å². The van der Waals surface area contributed by atoms with Gasteiger partial charge in [-0.1, -0.05) is 54.1 Å². The van der Waals surface area contributed by atoms with Gasteiger partial charge in [-0.15, -0.1) is 0 Å². The number of sulfonamides is 1. The molecular formula is C29H27ClN4O4S2. The van der Waals surface area contributed by atoms with E-state index in [1.54, 1.807) is 30.5 Å². The van der Waals surface area contributed by atoms with E-state index in [-0.39, 0.29) is 22.5 Å². The molecule has 11 heteroatoms. The Morgan fingerprint density at radius 3 is 2.42 bits per heavy atom. The number of nitrogens with zero attached hydrogens (tertiary/aromatic N) is 1. The maximum Gasteiger partial charge on any atom is 0.264 e. The van der Waals surface area contributed by atoms with Crippen LogP contribution in [-0.2, 0) is 16.4 Å². The Morgan fingerprint density at radius 1 is 1.00 bits per heavy atom. The summed E-state index contributed by atoms with van der Waals surface area (Å²) in [6, 6.07) is 23.1. The smallest absolute Gasteiger partial charge is 0.264 e. The molecule has 0 spiro atoms. The second-order valence-corrected chi connectivity index (χ2v) is 11.2. The molecule has 0 aliphatic rings. The fourth-order valence-corrected chi connectivity index (χ4v) is 5.78. The first-order valence-electron chi connectivity index (χ1n) is 12.2. The van der Waals surface area contributed by atoms with E-state index in [4.69, 9.17) is 28.6 Å². The average Bonchev–Trinajstić information content (AvgIpc) is 2.97. The number of halogens is 1. The van der Waals surface area contributed by atoms with Crippen LogP contribution in [0.3, 0.4) is 0 Å². The fourth-order valence-electron chi connectivity index (χ4n) is 4.04. The molecule has 40 heavy (non-hydrogen) atoms. The summed E-state index contributed by atoms with van der Waals surface area (Å²) in [6.07, 6.45) is 2.10. The number of hydrogen-bond acceptors (Lipinski definition) is 6. The monoisotopic (exact) mass is 594 g/mol. The largest absolute Gasteiger partial charge is 0.496 e. The van der Waals surface area contributed by atoms with E-state index in [2.05, 4.69) is 20.3 Å². The zero-order chi connectivity index (χ0) is 28.7. The van der Waals surface area contributed by atoms with Crippen molar-refractivity contribution in [1.29, 1.82) is 0 Å². The van der Waals surface area contributed by atoms with Crippen molar-refractivity contribution in [3.8, 4) is 28.1 Å². The Kier molecular flexibility index (Phi) is 9.36. The number of rotatable bonds is 9. The molecule has 1 heterocycles. The third kappa shape index (κ3) is 6.95. The minimum atomic E-state index is -4.02. The van der Waals surface area contributed by atoms with Gasteiger partial charge in [0.1, 0.15) is 5.75 Å². The van der Waals surface area contributed by atoms with Crippen LogP contribution in [0, 0.1) is 0 Å². The topological polar surface area (TPSA) is 109 Å². The highest BCUT2D eigenvalue weighted by Crippen LogP contribution is 2.30. The van der Waals surface area contributed by atoms with E-state index in [0.29, 0.717) is 39.4 Å². The number of benzene rings is 3. The first kappa shape index (κ1) is 29.0. The Morgan fingerprint density at radius 2 is 1.75 bits per heavy atom. The first-order valence-corrected chi connectivity index (χ1v) is 14.5. The van der Waals surface area contributed by atoms with Gasteiger partial charge in [0.2, 0.25) is 0 Å². The quantitative estimate of drug-likeness (QED) is 0.238. The minimum absolute atomic E-state index is 0.0235.